The second kappa shape index (κ2) is 5.51. The maximum Gasteiger partial charge on any atom is 0.122 e. The van der Waals surface area contributed by atoms with Gasteiger partial charge in [-0.25, -0.2) is 0 Å². The van der Waals surface area contributed by atoms with Crippen molar-refractivity contribution in [1.82, 2.24) is 10.2 Å². The molecular formula is C16H24N2O. The molecule has 0 spiro atoms. The Morgan fingerprint density at radius 3 is 2.95 bits per heavy atom. The van der Waals surface area contributed by atoms with Crippen LogP contribution in [0.3, 0.4) is 0 Å². The molecule has 3 rings (SSSR count). The van der Waals surface area contributed by atoms with E-state index >= 15 is 0 Å². The molecular weight excluding hydrogens is 236 g/mol. The summed E-state index contributed by atoms with van der Waals surface area (Å²) < 4.78 is 0. The summed E-state index contributed by atoms with van der Waals surface area (Å²) in [5.74, 6) is 1.23. The number of rotatable bonds is 5. The highest BCUT2D eigenvalue weighted by Crippen LogP contribution is 2.31. The molecule has 104 valence electrons. The smallest absolute Gasteiger partial charge is 0.122 e. The van der Waals surface area contributed by atoms with Gasteiger partial charge in [-0.2, -0.15) is 0 Å². The molecule has 1 saturated heterocycles. The molecule has 1 aliphatic heterocycles. The number of aryl methyl sites for hydroxylation is 1. The maximum atomic E-state index is 9.96. The zero-order chi connectivity index (χ0) is 13.2. The summed E-state index contributed by atoms with van der Waals surface area (Å²) in [5.41, 5.74) is 1.97. The zero-order valence-electron chi connectivity index (χ0n) is 11.7. The van der Waals surface area contributed by atoms with Gasteiger partial charge in [-0.3, -0.25) is 0 Å². The van der Waals surface area contributed by atoms with Crippen LogP contribution in [0.5, 0.6) is 5.75 Å². The number of phenolic OH excluding ortho intramolecular Hbond substituents is 1. The van der Waals surface area contributed by atoms with Crippen LogP contribution in [0.4, 0.5) is 0 Å². The van der Waals surface area contributed by atoms with Gasteiger partial charge < -0.3 is 15.3 Å². The first-order valence-corrected chi connectivity index (χ1v) is 7.46. The van der Waals surface area contributed by atoms with Crippen LogP contribution in [0, 0.1) is 12.8 Å². The first-order valence-electron chi connectivity index (χ1n) is 7.46. The van der Waals surface area contributed by atoms with Gasteiger partial charge in [-0.1, -0.05) is 18.2 Å². The molecule has 0 aromatic heterocycles. The SMILES string of the molecule is Cc1cccc(CNCC2CCN(C3CC3)C2)c1O. The van der Waals surface area contributed by atoms with Crippen LogP contribution >= 0.6 is 0 Å². The molecule has 1 aliphatic carbocycles. The Hall–Kier alpha value is -1.06. The maximum absolute atomic E-state index is 9.96. The highest BCUT2D eigenvalue weighted by molar-refractivity contribution is 5.39. The van der Waals surface area contributed by atoms with Crippen LogP contribution in [0.1, 0.15) is 30.4 Å². The Morgan fingerprint density at radius 1 is 1.32 bits per heavy atom. The third-order valence-corrected chi connectivity index (χ3v) is 4.45. The number of nitrogens with zero attached hydrogens (tertiary/aromatic N) is 1. The number of hydrogen-bond donors (Lipinski definition) is 2. The Kier molecular flexibility index (Phi) is 3.76. The van der Waals surface area contributed by atoms with Gasteiger partial charge in [0, 0.05) is 24.7 Å². The van der Waals surface area contributed by atoms with E-state index < -0.39 is 0 Å². The highest BCUT2D eigenvalue weighted by Gasteiger charge is 2.33. The van der Waals surface area contributed by atoms with Crippen molar-refractivity contribution in [2.24, 2.45) is 5.92 Å². The quantitative estimate of drug-likeness (QED) is 0.852. The second-order valence-electron chi connectivity index (χ2n) is 6.09. The average Bonchev–Trinajstić information content (AvgIpc) is 3.15. The first kappa shape index (κ1) is 12.9. The minimum atomic E-state index is 0.445. The third kappa shape index (κ3) is 3.10. The van der Waals surface area contributed by atoms with Crippen LogP contribution in [0.2, 0.25) is 0 Å². The molecule has 2 fully saturated rings. The zero-order valence-corrected chi connectivity index (χ0v) is 11.7. The van der Waals surface area contributed by atoms with Crippen LogP contribution < -0.4 is 5.32 Å². The van der Waals surface area contributed by atoms with Gasteiger partial charge in [0.1, 0.15) is 5.75 Å². The molecule has 1 aromatic carbocycles. The molecule has 3 heteroatoms. The molecule has 1 atom stereocenters. The van der Waals surface area contributed by atoms with Crippen LogP contribution in [0.25, 0.3) is 0 Å². The number of nitrogens with one attached hydrogen (secondary N) is 1. The van der Waals surface area contributed by atoms with E-state index in [9.17, 15) is 5.11 Å². The Bertz CT molecular complexity index is 442. The van der Waals surface area contributed by atoms with Crippen LogP contribution in [0.15, 0.2) is 18.2 Å². The van der Waals surface area contributed by atoms with Crippen LogP contribution in [-0.4, -0.2) is 35.7 Å². The van der Waals surface area contributed by atoms with Gasteiger partial charge >= 0.3 is 0 Å². The molecule has 3 nitrogen and oxygen atoms in total. The average molecular weight is 260 g/mol. The molecule has 2 aliphatic rings. The minimum absolute atomic E-state index is 0.445. The molecule has 1 unspecified atom stereocenters. The number of benzene rings is 1. The van der Waals surface area contributed by atoms with Crippen molar-refractivity contribution < 1.29 is 5.11 Å². The molecule has 1 heterocycles. The van der Waals surface area contributed by atoms with Crippen LogP contribution in [-0.2, 0) is 6.54 Å². The lowest BCUT2D eigenvalue weighted by Gasteiger charge is -2.15. The number of phenols is 1. The number of aromatic hydroxyl groups is 1. The van der Waals surface area contributed by atoms with E-state index in [-0.39, 0.29) is 0 Å². The molecule has 2 N–H and O–H groups in total. The van der Waals surface area contributed by atoms with Gasteiger partial charge in [0.15, 0.2) is 0 Å². The minimum Gasteiger partial charge on any atom is -0.507 e. The first-order chi connectivity index (χ1) is 9.24. The van der Waals surface area contributed by atoms with E-state index in [0.717, 1.165) is 36.2 Å². The van der Waals surface area contributed by atoms with Crippen molar-refractivity contribution in [3.63, 3.8) is 0 Å². The Morgan fingerprint density at radius 2 is 2.16 bits per heavy atom. The molecule has 0 bridgehead atoms. The summed E-state index contributed by atoms with van der Waals surface area (Å²) in [6.45, 7) is 6.33. The van der Waals surface area contributed by atoms with E-state index in [0.29, 0.717) is 5.75 Å². The van der Waals surface area contributed by atoms with E-state index in [1.165, 1.54) is 32.4 Å². The Labute approximate surface area is 115 Å². The number of likely N-dealkylation sites (tertiary alicyclic amines) is 1. The fourth-order valence-corrected chi connectivity index (χ4v) is 3.07. The summed E-state index contributed by atoms with van der Waals surface area (Å²) >= 11 is 0. The normalized spacial score (nSPS) is 23.9. The fraction of sp³-hybridized carbons (Fsp3) is 0.625. The summed E-state index contributed by atoms with van der Waals surface area (Å²) in [4.78, 5) is 2.65. The van der Waals surface area contributed by atoms with E-state index in [1.807, 2.05) is 25.1 Å². The van der Waals surface area contributed by atoms with Gasteiger partial charge in [0.25, 0.3) is 0 Å². The van der Waals surface area contributed by atoms with Crippen molar-refractivity contribution >= 4 is 0 Å². The lowest BCUT2D eigenvalue weighted by Crippen LogP contribution is -2.27. The topological polar surface area (TPSA) is 35.5 Å². The van der Waals surface area contributed by atoms with E-state index in [2.05, 4.69) is 10.2 Å². The summed E-state index contributed by atoms with van der Waals surface area (Å²) in [5, 5.41) is 13.5. The van der Waals surface area contributed by atoms with Crippen molar-refractivity contribution in [2.75, 3.05) is 19.6 Å². The van der Waals surface area contributed by atoms with Crippen molar-refractivity contribution in [3.8, 4) is 5.75 Å². The number of para-hydroxylation sites is 1. The third-order valence-electron chi connectivity index (χ3n) is 4.45. The van der Waals surface area contributed by atoms with Gasteiger partial charge in [0.05, 0.1) is 0 Å². The van der Waals surface area contributed by atoms with Crippen molar-refractivity contribution in [2.45, 2.75) is 38.8 Å². The predicted octanol–water partition coefficient (Wildman–Crippen LogP) is 2.27. The van der Waals surface area contributed by atoms with Crippen molar-refractivity contribution in [1.29, 1.82) is 0 Å². The standard InChI is InChI=1S/C16H24N2O/c1-12-3-2-4-14(16(12)19)10-17-9-13-7-8-18(11-13)15-5-6-15/h2-4,13,15,17,19H,5-11H2,1H3. The lowest BCUT2D eigenvalue weighted by molar-refractivity contribution is 0.311. The Balaban J connectivity index is 1.44. The van der Waals surface area contributed by atoms with E-state index in [4.69, 9.17) is 0 Å². The molecule has 0 amide bonds. The highest BCUT2D eigenvalue weighted by atomic mass is 16.3. The molecule has 1 aromatic rings. The van der Waals surface area contributed by atoms with Gasteiger partial charge in [-0.15, -0.1) is 0 Å². The fourth-order valence-electron chi connectivity index (χ4n) is 3.07. The largest absolute Gasteiger partial charge is 0.507 e. The second-order valence-corrected chi connectivity index (χ2v) is 6.09. The molecule has 1 saturated carbocycles. The van der Waals surface area contributed by atoms with Gasteiger partial charge in [0.2, 0.25) is 0 Å². The molecule has 19 heavy (non-hydrogen) atoms. The summed E-state index contributed by atoms with van der Waals surface area (Å²) in [6, 6.07) is 6.87. The number of hydrogen-bond acceptors (Lipinski definition) is 3. The molecule has 0 radical (unpaired) electrons. The van der Waals surface area contributed by atoms with E-state index in [1.54, 1.807) is 0 Å². The van der Waals surface area contributed by atoms with Gasteiger partial charge in [-0.05, 0) is 50.8 Å². The summed E-state index contributed by atoms with van der Waals surface area (Å²) in [6.07, 6.45) is 4.15. The lowest BCUT2D eigenvalue weighted by atomic mass is 10.1. The predicted molar refractivity (Wildman–Crippen MR) is 77.3 cm³/mol. The monoisotopic (exact) mass is 260 g/mol. The summed E-state index contributed by atoms with van der Waals surface area (Å²) in [7, 11) is 0. The van der Waals surface area contributed by atoms with Crippen molar-refractivity contribution in [3.05, 3.63) is 29.3 Å².